The van der Waals surface area contributed by atoms with Crippen LogP contribution in [0.5, 0.6) is 5.75 Å². The van der Waals surface area contributed by atoms with E-state index in [1.54, 1.807) is 24.0 Å². The number of anilines is 2. The van der Waals surface area contributed by atoms with Gasteiger partial charge in [-0.2, -0.15) is 0 Å². The Kier molecular flexibility index (Phi) is 3.72. The average Bonchev–Trinajstić information content (AvgIpc) is 2.35. The first-order valence-corrected chi connectivity index (χ1v) is 6.15. The van der Waals surface area contributed by atoms with Crippen LogP contribution < -0.4 is 20.7 Å². The van der Waals surface area contributed by atoms with Crippen LogP contribution in [-0.2, 0) is 4.79 Å². The van der Waals surface area contributed by atoms with E-state index in [2.05, 4.69) is 5.32 Å². The molecule has 1 amide bonds. The number of nitrogens with one attached hydrogen (secondary N) is 1. The summed E-state index contributed by atoms with van der Waals surface area (Å²) in [5, 5.41) is 3.07. The van der Waals surface area contributed by atoms with Gasteiger partial charge in [-0.1, -0.05) is 0 Å². The van der Waals surface area contributed by atoms with Crippen LogP contribution in [-0.4, -0.2) is 32.1 Å². The van der Waals surface area contributed by atoms with Gasteiger partial charge in [0.15, 0.2) is 6.10 Å². The van der Waals surface area contributed by atoms with Crippen molar-refractivity contribution in [3.63, 3.8) is 0 Å². The summed E-state index contributed by atoms with van der Waals surface area (Å²) >= 11 is 0. The zero-order chi connectivity index (χ0) is 13.1. The van der Waals surface area contributed by atoms with Gasteiger partial charge in [0.25, 0.3) is 5.91 Å². The Bertz CT molecular complexity index is 448. The number of rotatable bonds is 4. The molecule has 2 rings (SSSR count). The number of carbonyl (C=O) groups is 1. The van der Waals surface area contributed by atoms with E-state index in [1.165, 1.54) is 0 Å². The van der Waals surface area contributed by atoms with Crippen LogP contribution in [0.4, 0.5) is 11.4 Å². The number of ether oxygens (including phenoxy) is 1. The van der Waals surface area contributed by atoms with E-state index in [1.807, 2.05) is 13.1 Å². The highest BCUT2D eigenvalue weighted by atomic mass is 16.5. The van der Waals surface area contributed by atoms with Crippen LogP contribution in [0.25, 0.3) is 0 Å². The number of nitrogens with zero attached hydrogens (tertiary/aromatic N) is 1. The van der Waals surface area contributed by atoms with Gasteiger partial charge in [0.2, 0.25) is 0 Å². The summed E-state index contributed by atoms with van der Waals surface area (Å²) in [4.78, 5) is 13.9. The van der Waals surface area contributed by atoms with Crippen molar-refractivity contribution < 1.29 is 9.53 Å². The third-order valence-corrected chi connectivity index (χ3v) is 3.00. The number of hydrogen-bond acceptors (Lipinski definition) is 4. The molecule has 0 radical (unpaired) electrons. The van der Waals surface area contributed by atoms with Crippen LogP contribution >= 0.6 is 0 Å². The molecule has 0 spiro atoms. The fourth-order valence-corrected chi connectivity index (χ4v) is 2.07. The van der Waals surface area contributed by atoms with Crippen molar-refractivity contribution in [1.82, 2.24) is 5.32 Å². The normalized spacial score (nSPS) is 18.4. The molecule has 5 heteroatoms. The fraction of sp³-hybridized carbons (Fsp3) is 0.462. The van der Waals surface area contributed by atoms with Crippen molar-refractivity contribution in [3.8, 4) is 5.75 Å². The summed E-state index contributed by atoms with van der Waals surface area (Å²) in [7, 11) is 1.90. The largest absolute Gasteiger partial charge is 0.479 e. The van der Waals surface area contributed by atoms with Gasteiger partial charge in [-0.3, -0.25) is 4.79 Å². The summed E-state index contributed by atoms with van der Waals surface area (Å²) in [5.74, 6) is 0.713. The minimum Gasteiger partial charge on any atom is -0.479 e. The average molecular weight is 249 g/mol. The Morgan fingerprint density at radius 3 is 3.00 bits per heavy atom. The number of benzene rings is 1. The SMILES string of the molecule is CNCCCN1C(=O)C(C)Oc2ccc(N)cc21. The van der Waals surface area contributed by atoms with Crippen LogP contribution in [0.1, 0.15) is 13.3 Å². The molecule has 3 N–H and O–H groups in total. The lowest BCUT2D eigenvalue weighted by Crippen LogP contribution is -2.45. The molecule has 1 unspecified atom stereocenters. The Balaban J connectivity index is 2.26. The van der Waals surface area contributed by atoms with Gasteiger partial charge in [-0.25, -0.2) is 0 Å². The minimum atomic E-state index is -0.435. The second-order valence-electron chi connectivity index (χ2n) is 4.43. The van der Waals surface area contributed by atoms with E-state index < -0.39 is 6.10 Å². The number of hydrogen-bond donors (Lipinski definition) is 2. The Labute approximate surface area is 107 Å². The standard InChI is InChI=1S/C13H19N3O2/c1-9-13(17)16(7-3-6-15-2)11-8-10(14)4-5-12(11)18-9/h4-5,8-9,15H,3,6-7,14H2,1-2H3. The van der Waals surface area contributed by atoms with Crippen LogP contribution in [0.3, 0.4) is 0 Å². The van der Waals surface area contributed by atoms with Crippen molar-refractivity contribution in [2.75, 3.05) is 30.8 Å². The molecule has 0 aromatic heterocycles. The molecule has 1 atom stereocenters. The monoisotopic (exact) mass is 249 g/mol. The summed E-state index contributed by atoms with van der Waals surface area (Å²) in [5.41, 5.74) is 7.18. The van der Waals surface area contributed by atoms with Gasteiger partial charge in [0, 0.05) is 12.2 Å². The number of fused-ring (bicyclic) bond motifs is 1. The molecule has 5 nitrogen and oxygen atoms in total. The van der Waals surface area contributed by atoms with Crippen LogP contribution in [0, 0.1) is 0 Å². The molecule has 1 heterocycles. The zero-order valence-electron chi connectivity index (χ0n) is 10.8. The predicted octanol–water partition coefficient (Wildman–Crippen LogP) is 0.992. The minimum absolute atomic E-state index is 0.01000. The second-order valence-corrected chi connectivity index (χ2v) is 4.43. The van der Waals surface area contributed by atoms with Crippen LogP contribution in [0.2, 0.25) is 0 Å². The molecule has 0 fully saturated rings. The van der Waals surface area contributed by atoms with Crippen molar-refractivity contribution in [2.24, 2.45) is 0 Å². The van der Waals surface area contributed by atoms with E-state index in [4.69, 9.17) is 10.5 Å². The van der Waals surface area contributed by atoms with E-state index in [0.29, 0.717) is 12.2 Å². The lowest BCUT2D eigenvalue weighted by molar-refractivity contribution is -0.125. The number of amides is 1. The molecule has 1 aromatic carbocycles. The van der Waals surface area contributed by atoms with E-state index >= 15 is 0 Å². The second kappa shape index (κ2) is 5.27. The Morgan fingerprint density at radius 2 is 2.28 bits per heavy atom. The van der Waals surface area contributed by atoms with Gasteiger partial charge in [-0.05, 0) is 45.1 Å². The lowest BCUT2D eigenvalue weighted by Gasteiger charge is -2.33. The third kappa shape index (κ3) is 2.41. The maximum Gasteiger partial charge on any atom is 0.267 e. The maximum absolute atomic E-state index is 12.1. The molecule has 0 saturated carbocycles. The zero-order valence-corrected chi connectivity index (χ0v) is 10.8. The third-order valence-electron chi connectivity index (χ3n) is 3.00. The molecule has 1 aliphatic rings. The first kappa shape index (κ1) is 12.7. The van der Waals surface area contributed by atoms with Gasteiger partial charge in [0.05, 0.1) is 5.69 Å². The molecule has 98 valence electrons. The van der Waals surface area contributed by atoms with Crippen molar-refractivity contribution in [2.45, 2.75) is 19.4 Å². The number of nitrogens with two attached hydrogens (primary N) is 1. The summed E-state index contributed by atoms with van der Waals surface area (Å²) in [6, 6.07) is 5.39. The van der Waals surface area contributed by atoms with E-state index in [9.17, 15) is 4.79 Å². The summed E-state index contributed by atoms with van der Waals surface area (Å²) in [6.07, 6.45) is 0.458. The number of nitrogen functional groups attached to an aromatic ring is 1. The smallest absolute Gasteiger partial charge is 0.267 e. The van der Waals surface area contributed by atoms with Gasteiger partial charge in [-0.15, -0.1) is 0 Å². The Hall–Kier alpha value is -1.75. The molecule has 0 aliphatic carbocycles. The summed E-state index contributed by atoms with van der Waals surface area (Å²) < 4.78 is 5.57. The van der Waals surface area contributed by atoms with Gasteiger partial charge in [0.1, 0.15) is 5.75 Å². The van der Waals surface area contributed by atoms with Gasteiger partial charge < -0.3 is 20.7 Å². The van der Waals surface area contributed by atoms with Crippen molar-refractivity contribution in [3.05, 3.63) is 18.2 Å². The van der Waals surface area contributed by atoms with Gasteiger partial charge >= 0.3 is 0 Å². The molecule has 1 aliphatic heterocycles. The highest BCUT2D eigenvalue weighted by Crippen LogP contribution is 2.35. The molecule has 0 bridgehead atoms. The maximum atomic E-state index is 12.1. The number of carbonyl (C=O) groups excluding carboxylic acids is 1. The lowest BCUT2D eigenvalue weighted by atomic mass is 10.1. The first-order chi connectivity index (χ1) is 8.63. The quantitative estimate of drug-likeness (QED) is 0.617. The van der Waals surface area contributed by atoms with Crippen molar-refractivity contribution in [1.29, 1.82) is 0 Å². The molecular weight excluding hydrogens is 230 g/mol. The van der Waals surface area contributed by atoms with E-state index in [0.717, 1.165) is 24.4 Å². The summed E-state index contributed by atoms with van der Waals surface area (Å²) in [6.45, 7) is 3.31. The van der Waals surface area contributed by atoms with Crippen LogP contribution in [0.15, 0.2) is 18.2 Å². The Morgan fingerprint density at radius 1 is 1.50 bits per heavy atom. The van der Waals surface area contributed by atoms with E-state index in [-0.39, 0.29) is 5.91 Å². The highest BCUT2D eigenvalue weighted by molar-refractivity contribution is 6.00. The molecule has 18 heavy (non-hydrogen) atoms. The highest BCUT2D eigenvalue weighted by Gasteiger charge is 2.30. The topological polar surface area (TPSA) is 67.6 Å². The fourth-order valence-electron chi connectivity index (χ4n) is 2.07. The molecule has 1 aromatic rings. The molecular formula is C13H19N3O2. The predicted molar refractivity (Wildman–Crippen MR) is 71.8 cm³/mol. The van der Waals surface area contributed by atoms with Crippen molar-refractivity contribution >= 4 is 17.3 Å². The first-order valence-electron chi connectivity index (χ1n) is 6.15. The molecule has 0 saturated heterocycles.